The van der Waals surface area contributed by atoms with Gasteiger partial charge in [0.1, 0.15) is 24.4 Å². The van der Waals surface area contributed by atoms with Crippen molar-refractivity contribution in [2.75, 3.05) is 6.61 Å². The zero-order valence-electron chi connectivity index (χ0n) is 11.6. The first-order valence-corrected chi connectivity index (χ1v) is 7.14. The van der Waals surface area contributed by atoms with Gasteiger partial charge < -0.3 is 35.0 Å². The van der Waals surface area contributed by atoms with E-state index in [1.54, 1.807) is 0 Å². The summed E-state index contributed by atoms with van der Waals surface area (Å²) in [4.78, 5) is 0. The molecule has 0 aromatic heterocycles. The van der Waals surface area contributed by atoms with Crippen molar-refractivity contribution in [1.29, 1.82) is 0 Å². The fourth-order valence-electron chi connectivity index (χ4n) is 2.85. The van der Waals surface area contributed by atoms with Crippen LogP contribution >= 0.6 is 0 Å². The van der Waals surface area contributed by atoms with Crippen molar-refractivity contribution >= 4 is 0 Å². The Balaban J connectivity index is 2.08. The second-order valence-corrected chi connectivity index (χ2v) is 5.65. The molecule has 0 spiro atoms. The summed E-state index contributed by atoms with van der Waals surface area (Å²) in [6.45, 7) is 1.61. The highest BCUT2D eigenvalue weighted by Crippen LogP contribution is 2.33. The van der Waals surface area contributed by atoms with Gasteiger partial charge in [-0.15, -0.1) is 0 Å². The first-order chi connectivity index (χ1) is 9.40. The van der Waals surface area contributed by atoms with Gasteiger partial charge in [0.15, 0.2) is 0 Å². The Kier molecular flexibility index (Phi) is 5.01. The Morgan fingerprint density at radius 3 is 2.60 bits per heavy atom. The number of aliphatic hydroxyl groups excluding tert-OH is 4. The molecule has 0 aromatic carbocycles. The lowest BCUT2D eigenvalue weighted by Crippen LogP contribution is -2.68. The number of rotatable bonds is 3. The molecule has 2 rings (SSSR count). The van der Waals surface area contributed by atoms with Gasteiger partial charge in [-0.05, 0) is 25.7 Å². The van der Waals surface area contributed by atoms with Gasteiger partial charge in [0.25, 0.3) is 0 Å². The molecule has 7 nitrogen and oxygen atoms in total. The number of hydrogen-bond acceptors (Lipinski definition) is 7. The Morgan fingerprint density at radius 1 is 1.25 bits per heavy atom. The van der Waals surface area contributed by atoms with E-state index in [0.29, 0.717) is 6.42 Å². The fraction of sp³-hybridized carbons (Fsp3) is 1.00. The molecule has 0 saturated carbocycles. The quantitative estimate of drug-likeness (QED) is 0.429. The fourth-order valence-corrected chi connectivity index (χ4v) is 2.85. The smallest absolute Gasteiger partial charge is 0.224 e. The SMILES string of the molecule is CCC1CCCC(C(O)C2(O)OCC(O)C(O)C2O)O1. The molecule has 7 atom stereocenters. The first kappa shape index (κ1) is 16.1. The summed E-state index contributed by atoms with van der Waals surface area (Å²) in [6, 6.07) is 0. The minimum atomic E-state index is -2.33. The van der Waals surface area contributed by atoms with Crippen molar-refractivity contribution in [2.45, 2.75) is 75.0 Å². The van der Waals surface area contributed by atoms with Gasteiger partial charge in [-0.1, -0.05) is 6.92 Å². The molecule has 0 radical (unpaired) electrons. The second kappa shape index (κ2) is 6.23. The normalized spacial score (nSPS) is 48.0. The lowest BCUT2D eigenvalue weighted by Gasteiger charge is -2.46. The van der Waals surface area contributed by atoms with E-state index in [9.17, 15) is 25.5 Å². The predicted octanol–water partition coefficient (Wildman–Crippen LogP) is -1.50. The molecule has 7 heteroatoms. The maximum absolute atomic E-state index is 10.3. The zero-order valence-corrected chi connectivity index (χ0v) is 11.6. The highest BCUT2D eigenvalue weighted by molar-refractivity contribution is 4.98. The summed E-state index contributed by atoms with van der Waals surface area (Å²) in [6.07, 6.45) is -3.76. The van der Waals surface area contributed by atoms with Crippen molar-refractivity contribution in [3.63, 3.8) is 0 Å². The standard InChI is InChI=1S/C13H24O7/c1-2-7-4-3-5-9(20-7)11(16)13(18)12(17)10(15)8(14)6-19-13/h7-12,14-18H,2-6H2,1H3. The molecule has 7 unspecified atom stereocenters. The molecule has 0 amide bonds. The van der Waals surface area contributed by atoms with Gasteiger partial charge >= 0.3 is 0 Å². The molecule has 0 aromatic rings. The van der Waals surface area contributed by atoms with Crippen LogP contribution in [0, 0.1) is 0 Å². The van der Waals surface area contributed by atoms with Gasteiger partial charge in [0, 0.05) is 0 Å². The molecular formula is C13H24O7. The summed E-state index contributed by atoms with van der Waals surface area (Å²) in [5.74, 6) is -2.33. The molecule has 0 bridgehead atoms. The van der Waals surface area contributed by atoms with E-state index in [-0.39, 0.29) is 12.7 Å². The van der Waals surface area contributed by atoms with Crippen molar-refractivity contribution in [2.24, 2.45) is 0 Å². The third-order valence-corrected chi connectivity index (χ3v) is 4.24. The maximum atomic E-state index is 10.3. The lowest BCUT2D eigenvalue weighted by atomic mass is 9.87. The van der Waals surface area contributed by atoms with Crippen molar-refractivity contribution in [3.05, 3.63) is 0 Å². The third-order valence-electron chi connectivity index (χ3n) is 4.24. The van der Waals surface area contributed by atoms with Gasteiger partial charge in [0.05, 0.1) is 18.8 Å². The van der Waals surface area contributed by atoms with Gasteiger partial charge in [-0.3, -0.25) is 0 Å². The number of aliphatic hydroxyl groups is 5. The van der Waals surface area contributed by atoms with E-state index >= 15 is 0 Å². The number of hydrogen-bond donors (Lipinski definition) is 5. The van der Waals surface area contributed by atoms with Crippen LogP contribution in [-0.4, -0.2) is 74.6 Å². The van der Waals surface area contributed by atoms with Crippen LogP contribution in [-0.2, 0) is 9.47 Å². The van der Waals surface area contributed by atoms with Gasteiger partial charge in [-0.25, -0.2) is 0 Å². The van der Waals surface area contributed by atoms with Crippen LogP contribution in [0.25, 0.3) is 0 Å². The molecule has 0 aliphatic carbocycles. The maximum Gasteiger partial charge on any atom is 0.224 e. The highest BCUT2D eigenvalue weighted by atomic mass is 16.7. The third kappa shape index (κ3) is 2.85. The second-order valence-electron chi connectivity index (χ2n) is 5.65. The highest BCUT2D eigenvalue weighted by Gasteiger charge is 2.55. The van der Waals surface area contributed by atoms with Crippen molar-refractivity contribution in [1.82, 2.24) is 0 Å². The average molecular weight is 292 g/mol. The Bertz CT molecular complexity index is 326. The largest absolute Gasteiger partial charge is 0.388 e. The van der Waals surface area contributed by atoms with Crippen LogP contribution in [0.3, 0.4) is 0 Å². The monoisotopic (exact) mass is 292 g/mol. The average Bonchev–Trinajstić information content (AvgIpc) is 2.48. The van der Waals surface area contributed by atoms with E-state index < -0.39 is 36.3 Å². The Labute approximate surface area is 117 Å². The van der Waals surface area contributed by atoms with Crippen LogP contribution in [0.2, 0.25) is 0 Å². The Morgan fingerprint density at radius 2 is 1.95 bits per heavy atom. The molecule has 2 aliphatic heterocycles. The Hall–Kier alpha value is -0.280. The van der Waals surface area contributed by atoms with Crippen LogP contribution in [0.1, 0.15) is 32.6 Å². The van der Waals surface area contributed by atoms with E-state index in [4.69, 9.17) is 9.47 Å². The molecule has 2 heterocycles. The summed E-state index contributed by atoms with van der Waals surface area (Å²) in [5, 5.41) is 49.5. The van der Waals surface area contributed by atoms with Crippen LogP contribution in [0.15, 0.2) is 0 Å². The van der Waals surface area contributed by atoms with E-state index in [2.05, 4.69) is 0 Å². The van der Waals surface area contributed by atoms with Crippen molar-refractivity contribution in [3.8, 4) is 0 Å². The van der Waals surface area contributed by atoms with E-state index in [1.807, 2.05) is 6.92 Å². The van der Waals surface area contributed by atoms with Gasteiger partial charge in [-0.2, -0.15) is 0 Å². The summed E-state index contributed by atoms with van der Waals surface area (Å²) in [7, 11) is 0. The van der Waals surface area contributed by atoms with Crippen LogP contribution < -0.4 is 0 Å². The topological polar surface area (TPSA) is 120 Å². The lowest BCUT2D eigenvalue weighted by molar-refractivity contribution is -0.365. The molecule has 2 aliphatic rings. The zero-order chi connectivity index (χ0) is 14.9. The van der Waals surface area contributed by atoms with Gasteiger partial charge in [0.2, 0.25) is 5.79 Å². The molecule has 20 heavy (non-hydrogen) atoms. The molecular weight excluding hydrogens is 268 g/mol. The minimum absolute atomic E-state index is 0.00301. The summed E-state index contributed by atoms with van der Waals surface area (Å²) in [5.41, 5.74) is 0. The van der Waals surface area contributed by atoms with E-state index in [0.717, 1.165) is 19.3 Å². The molecule has 118 valence electrons. The van der Waals surface area contributed by atoms with Crippen LogP contribution in [0.5, 0.6) is 0 Å². The number of ether oxygens (including phenoxy) is 2. The van der Waals surface area contributed by atoms with E-state index in [1.165, 1.54) is 0 Å². The minimum Gasteiger partial charge on any atom is -0.388 e. The summed E-state index contributed by atoms with van der Waals surface area (Å²) >= 11 is 0. The molecule has 2 fully saturated rings. The molecule has 2 saturated heterocycles. The van der Waals surface area contributed by atoms with Crippen molar-refractivity contribution < 1.29 is 35.0 Å². The molecule has 5 N–H and O–H groups in total. The predicted molar refractivity (Wildman–Crippen MR) is 67.7 cm³/mol. The van der Waals surface area contributed by atoms with Crippen LogP contribution in [0.4, 0.5) is 0 Å². The summed E-state index contributed by atoms with van der Waals surface area (Å²) < 4.78 is 10.7. The first-order valence-electron chi connectivity index (χ1n) is 7.14.